The van der Waals surface area contributed by atoms with Gasteiger partial charge in [-0.05, 0) is 66.1 Å². The molecule has 8 nitrogen and oxygen atoms in total. The first-order chi connectivity index (χ1) is 19.9. The van der Waals surface area contributed by atoms with Gasteiger partial charge in [-0.15, -0.1) is 0 Å². The molecule has 2 aliphatic rings. The number of ether oxygens (including phenoxy) is 4. The molecule has 2 atom stereocenters. The summed E-state index contributed by atoms with van der Waals surface area (Å²) in [7, 11) is 8.00. The van der Waals surface area contributed by atoms with Gasteiger partial charge in [0, 0.05) is 25.7 Å². The van der Waals surface area contributed by atoms with Gasteiger partial charge in [-0.2, -0.15) is 0 Å². The van der Waals surface area contributed by atoms with E-state index in [4.69, 9.17) is 18.9 Å². The average Bonchev–Trinajstić information content (AvgIpc) is 3.02. The molecule has 2 amide bonds. The first-order valence-corrected chi connectivity index (χ1v) is 14.0. The SMILES string of the molecule is COc1ccc(C2C(C(=O)N3CCC(Cc4ccccc4)CC3)c3cc(OC)c(OC)cc3C(=O)N2C)cc1OC. The zero-order valence-corrected chi connectivity index (χ0v) is 24.4. The summed E-state index contributed by atoms with van der Waals surface area (Å²) in [6.45, 7) is 1.34. The van der Waals surface area contributed by atoms with Crippen LogP contribution < -0.4 is 18.9 Å². The zero-order valence-electron chi connectivity index (χ0n) is 24.4. The topological polar surface area (TPSA) is 77.5 Å². The molecular formula is C33H38N2O6. The maximum absolute atomic E-state index is 14.5. The highest BCUT2D eigenvalue weighted by atomic mass is 16.5. The molecule has 0 bridgehead atoms. The van der Waals surface area contributed by atoms with Crippen molar-refractivity contribution >= 4 is 11.8 Å². The van der Waals surface area contributed by atoms with Gasteiger partial charge in [-0.25, -0.2) is 0 Å². The van der Waals surface area contributed by atoms with E-state index >= 15 is 0 Å². The molecule has 1 fully saturated rings. The lowest BCUT2D eigenvalue weighted by Crippen LogP contribution is -2.48. The molecule has 0 N–H and O–H groups in total. The van der Waals surface area contributed by atoms with E-state index in [9.17, 15) is 9.59 Å². The van der Waals surface area contributed by atoms with Crippen molar-refractivity contribution in [2.45, 2.75) is 31.2 Å². The maximum atomic E-state index is 14.5. The third-order valence-corrected chi connectivity index (χ3v) is 8.48. The van der Waals surface area contributed by atoms with Crippen molar-refractivity contribution in [3.8, 4) is 23.0 Å². The molecule has 216 valence electrons. The highest BCUT2D eigenvalue weighted by molar-refractivity contribution is 6.02. The van der Waals surface area contributed by atoms with E-state index in [1.807, 2.05) is 29.2 Å². The number of hydrogen-bond donors (Lipinski definition) is 0. The third kappa shape index (κ3) is 5.43. The molecule has 3 aromatic carbocycles. The number of amides is 2. The Hall–Kier alpha value is -4.20. The van der Waals surface area contributed by atoms with Crippen LogP contribution in [-0.4, -0.2) is 70.2 Å². The molecule has 0 saturated carbocycles. The predicted octanol–water partition coefficient (Wildman–Crippen LogP) is 5.11. The Kier molecular flexibility index (Phi) is 8.38. The van der Waals surface area contributed by atoms with Gasteiger partial charge in [0.25, 0.3) is 5.91 Å². The summed E-state index contributed by atoms with van der Waals surface area (Å²) in [6, 6.07) is 19.0. The number of piperidine rings is 1. The maximum Gasteiger partial charge on any atom is 0.254 e. The van der Waals surface area contributed by atoms with Crippen LogP contribution in [-0.2, 0) is 11.2 Å². The van der Waals surface area contributed by atoms with Crippen molar-refractivity contribution < 1.29 is 28.5 Å². The monoisotopic (exact) mass is 558 g/mol. The number of rotatable bonds is 8. The van der Waals surface area contributed by atoms with Gasteiger partial charge in [-0.3, -0.25) is 9.59 Å². The first kappa shape index (κ1) is 28.3. The van der Waals surface area contributed by atoms with Crippen LogP contribution in [0.4, 0.5) is 0 Å². The Morgan fingerprint density at radius 1 is 0.805 bits per heavy atom. The molecule has 0 spiro atoms. The van der Waals surface area contributed by atoms with E-state index in [1.54, 1.807) is 45.4 Å². The normalized spacial score (nSPS) is 19.0. The second-order valence-electron chi connectivity index (χ2n) is 10.7. The molecule has 0 aliphatic carbocycles. The molecule has 0 radical (unpaired) electrons. The Bertz CT molecular complexity index is 1400. The minimum atomic E-state index is -0.642. The number of hydrogen-bond acceptors (Lipinski definition) is 6. The van der Waals surface area contributed by atoms with Gasteiger partial charge in [0.2, 0.25) is 5.91 Å². The summed E-state index contributed by atoms with van der Waals surface area (Å²) in [6.07, 6.45) is 2.88. The van der Waals surface area contributed by atoms with Crippen molar-refractivity contribution in [1.29, 1.82) is 0 Å². The average molecular weight is 559 g/mol. The molecule has 0 aromatic heterocycles. The number of likely N-dealkylation sites (tertiary alicyclic amines) is 1. The third-order valence-electron chi connectivity index (χ3n) is 8.48. The van der Waals surface area contributed by atoms with Crippen molar-refractivity contribution in [3.05, 3.63) is 82.9 Å². The summed E-state index contributed by atoms with van der Waals surface area (Å²) >= 11 is 0. The van der Waals surface area contributed by atoms with Crippen LogP contribution in [0, 0.1) is 5.92 Å². The Morgan fingerprint density at radius 2 is 1.41 bits per heavy atom. The standard InChI is InChI=1S/C33H38N2O6/c1-34-31(23-11-12-26(38-2)27(18-23)39-3)30(24-19-28(40-4)29(41-5)20-25(24)32(34)36)33(37)35-15-13-22(14-16-35)17-21-9-7-6-8-10-21/h6-12,18-20,22,30-31H,13-17H2,1-5H3. The van der Waals surface area contributed by atoms with Gasteiger partial charge < -0.3 is 28.7 Å². The van der Waals surface area contributed by atoms with E-state index in [0.717, 1.165) is 24.8 Å². The number of carbonyl (C=O) groups is 2. The van der Waals surface area contributed by atoms with E-state index in [0.29, 0.717) is 53.1 Å². The lowest BCUT2D eigenvalue weighted by molar-refractivity contribution is -0.136. The smallest absolute Gasteiger partial charge is 0.254 e. The van der Waals surface area contributed by atoms with Crippen LogP contribution in [0.15, 0.2) is 60.7 Å². The van der Waals surface area contributed by atoms with Crippen molar-refractivity contribution in [2.24, 2.45) is 5.92 Å². The first-order valence-electron chi connectivity index (χ1n) is 14.0. The van der Waals surface area contributed by atoms with Gasteiger partial charge in [0.1, 0.15) is 0 Å². The molecule has 41 heavy (non-hydrogen) atoms. The summed E-state index contributed by atoms with van der Waals surface area (Å²) in [5.41, 5.74) is 3.20. The fourth-order valence-corrected chi connectivity index (χ4v) is 6.27. The molecule has 5 rings (SSSR count). The van der Waals surface area contributed by atoms with Crippen LogP contribution in [0.1, 0.15) is 51.8 Å². The van der Waals surface area contributed by atoms with Gasteiger partial charge in [0.15, 0.2) is 23.0 Å². The van der Waals surface area contributed by atoms with Crippen LogP contribution in [0.5, 0.6) is 23.0 Å². The second-order valence-corrected chi connectivity index (χ2v) is 10.7. The predicted molar refractivity (Wildman–Crippen MR) is 156 cm³/mol. The number of likely N-dealkylation sites (N-methyl/N-ethyl adjacent to an activating group) is 1. The Morgan fingerprint density at radius 3 is 2.05 bits per heavy atom. The fourth-order valence-electron chi connectivity index (χ4n) is 6.27. The van der Waals surface area contributed by atoms with Gasteiger partial charge in [0.05, 0.1) is 40.4 Å². The largest absolute Gasteiger partial charge is 0.493 e. The van der Waals surface area contributed by atoms with Crippen LogP contribution in [0.3, 0.4) is 0 Å². The number of benzene rings is 3. The van der Waals surface area contributed by atoms with E-state index < -0.39 is 12.0 Å². The number of carbonyl (C=O) groups excluding carboxylic acids is 2. The fraction of sp³-hybridized carbons (Fsp3) is 0.394. The lowest BCUT2D eigenvalue weighted by atomic mass is 9.78. The van der Waals surface area contributed by atoms with Crippen molar-refractivity contribution in [2.75, 3.05) is 48.6 Å². The van der Waals surface area contributed by atoms with E-state index in [-0.39, 0.29) is 11.8 Å². The minimum Gasteiger partial charge on any atom is -0.493 e. The second kappa shape index (κ2) is 12.1. The molecule has 2 aliphatic heterocycles. The number of methoxy groups -OCH3 is 4. The minimum absolute atomic E-state index is 0.00392. The Labute approximate surface area is 241 Å². The summed E-state index contributed by atoms with van der Waals surface area (Å²) < 4.78 is 22.1. The molecule has 2 unspecified atom stereocenters. The van der Waals surface area contributed by atoms with E-state index in [1.165, 1.54) is 12.7 Å². The number of fused-ring (bicyclic) bond motifs is 1. The van der Waals surface area contributed by atoms with Crippen LogP contribution in [0.2, 0.25) is 0 Å². The van der Waals surface area contributed by atoms with Crippen LogP contribution >= 0.6 is 0 Å². The molecule has 2 heterocycles. The number of nitrogens with zero attached hydrogens (tertiary/aromatic N) is 2. The summed E-state index contributed by atoms with van der Waals surface area (Å²) in [5.74, 6) is 1.74. The van der Waals surface area contributed by atoms with Crippen molar-refractivity contribution in [3.63, 3.8) is 0 Å². The molecule has 8 heteroatoms. The van der Waals surface area contributed by atoms with Crippen molar-refractivity contribution in [1.82, 2.24) is 9.80 Å². The van der Waals surface area contributed by atoms with Crippen LogP contribution in [0.25, 0.3) is 0 Å². The van der Waals surface area contributed by atoms with E-state index in [2.05, 4.69) is 24.3 Å². The summed E-state index contributed by atoms with van der Waals surface area (Å²) in [4.78, 5) is 31.9. The molecule has 3 aromatic rings. The van der Waals surface area contributed by atoms with Gasteiger partial charge in [-0.1, -0.05) is 36.4 Å². The summed E-state index contributed by atoms with van der Waals surface area (Å²) in [5, 5.41) is 0. The lowest BCUT2D eigenvalue weighted by Gasteiger charge is -2.43. The highest BCUT2D eigenvalue weighted by Crippen LogP contribution is 2.47. The zero-order chi connectivity index (χ0) is 29.1. The van der Waals surface area contributed by atoms with Gasteiger partial charge >= 0.3 is 0 Å². The molecule has 1 saturated heterocycles. The highest BCUT2D eigenvalue weighted by Gasteiger charge is 2.45. The Balaban J connectivity index is 1.52. The quantitative estimate of drug-likeness (QED) is 0.382. The molecular weight excluding hydrogens is 520 g/mol.